The van der Waals surface area contributed by atoms with Gasteiger partial charge >= 0.3 is 18.4 Å². The fourth-order valence-corrected chi connectivity index (χ4v) is 1.000. The van der Waals surface area contributed by atoms with Crippen LogP contribution in [0.1, 0.15) is 27.2 Å². The van der Waals surface area contributed by atoms with E-state index in [1.807, 2.05) is 5.32 Å². The predicted molar refractivity (Wildman–Crippen MR) is 57.4 cm³/mol. The molecular weight excluding hydrogens is 271 g/mol. The summed E-state index contributed by atoms with van der Waals surface area (Å²) >= 11 is 0. The number of hydrogen-bond acceptors (Lipinski definition) is 4. The third-order valence-corrected chi connectivity index (χ3v) is 1.66. The number of alkyl carbamates (subject to hydrolysis) is 1. The lowest BCUT2D eigenvalue weighted by Gasteiger charge is -2.22. The van der Waals surface area contributed by atoms with E-state index in [-0.39, 0.29) is 0 Å². The summed E-state index contributed by atoms with van der Waals surface area (Å²) in [5.74, 6) is -1.48. The number of alkyl halides is 3. The van der Waals surface area contributed by atoms with E-state index in [0.717, 1.165) is 0 Å². The van der Waals surface area contributed by atoms with Crippen molar-refractivity contribution in [1.29, 1.82) is 0 Å². The molecule has 2 N–H and O–H groups in total. The van der Waals surface area contributed by atoms with Crippen molar-refractivity contribution in [1.82, 2.24) is 5.32 Å². The van der Waals surface area contributed by atoms with E-state index in [1.165, 1.54) is 0 Å². The van der Waals surface area contributed by atoms with E-state index >= 15 is 0 Å². The third-order valence-electron chi connectivity index (χ3n) is 1.66. The molecule has 1 unspecified atom stereocenters. The van der Waals surface area contributed by atoms with Crippen LogP contribution in [0.2, 0.25) is 0 Å². The van der Waals surface area contributed by atoms with Gasteiger partial charge in [0.25, 0.3) is 0 Å². The molecular formula is C10H16F3NO5. The van der Waals surface area contributed by atoms with Crippen LogP contribution in [0.3, 0.4) is 0 Å². The summed E-state index contributed by atoms with van der Waals surface area (Å²) in [6.45, 7) is 3.82. The highest BCUT2D eigenvalue weighted by Gasteiger charge is 2.30. The minimum absolute atomic E-state index is 0.534. The van der Waals surface area contributed by atoms with Gasteiger partial charge in [-0.3, -0.25) is 4.74 Å². The SMILES string of the molecule is CC(C)(C)OC(=O)NC(CCOC(F)(F)F)C(=O)O. The lowest BCUT2D eigenvalue weighted by molar-refractivity contribution is -0.324. The van der Waals surface area contributed by atoms with Gasteiger partial charge in [-0.1, -0.05) is 0 Å². The lowest BCUT2D eigenvalue weighted by Crippen LogP contribution is -2.44. The molecule has 0 aromatic heterocycles. The van der Waals surface area contributed by atoms with Crippen molar-refractivity contribution in [3.63, 3.8) is 0 Å². The topological polar surface area (TPSA) is 84.9 Å². The van der Waals surface area contributed by atoms with Gasteiger partial charge < -0.3 is 15.2 Å². The molecule has 0 rings (SSSR count). The van der Waals surface area contributed by atoms with Gasteiger partial charge in [-0.2, -0.15) is 0 Å². The zero-order chi connectivity index (χ0) is 15.3. The average molecular weight is 287 g/mol. The molecule has 1 amide bonds. The molecule has 0 saturated heterocycles. The Hall–Kier alpha value is -1.51. The molecule has 0 fully saturated rings. The number of carboxylic acids is 1. The summed E-state index contributed by atoms with van der Waals surface area (Å²) in [4.78, 5) is 22.0. The Kier molecular flexibility index (Phi) is 6.07. The Morgan fingerprint density at radius 2 is 1.79 bits per heavy atom. The Bertz CT molecular complexity index is 324. The van der Waals surface area contributed by atoms with Crippen LogP contribution in [0.25, 0.3) is 0 Å². The Labute approximate surface area is 107 Å². The molecule has 9 heteroatoms. The molecule has 0 aliphatic rings. The Balaban J connectivity index is 4.28. The molecule has 19 heavy (non-hydrogen) atoms. The molecule has 0 aromatic rings. The van der Waals surface area contributed by atoms with Crippen LogP contribution < -0.4 is 5.32 Å². The van der Waals surface area contributed by atoms with Crippen LogP contribution in [0.4, 0.5) is 18.0 Å². The zero-order valence-corrected chi connectivity index (χ0v) is 10.7. The standard InChI is InChI=1S/C10H16F3NO5/c1-9(2,3)19-8(17)14-6(7(15)16)4-5-18-10(11,12)13/h6H,4-5H2,1-3H3,(H,14,17)(H,15,16). The van der Waals surface area contributed by atoms with Crippen LogP contribution in [0, 0.1) is 0 Å². The molecule has 112 valence electrons. The first kappa shape index (κ1) is 17.5. The second-order valence-electron chi connectivity index (χ2n) is 4.62. The van der Waals surface area contributed by atoms with E-state index in [1.54, 1.807) is 20.8 Å². The summed E-state index contributed by atoms with van der Waals surface area (Å²) in [6, 6.07) is -1.52. The number of halogens is 3. The van der Waals surface area contributed by atoms with Gasteiger partial charge in [0.1, 0.15) is 11.6 Å². The number of nitrogens with one attached hydrogen (secondary N) is 1. The molecule has 1 atom stereocenters. The van der Waals surface area contributed by atoms with Crippen LogP contribution in [-0.2, 0) is 14.3 Å². The lowest BCUT2D eigenvalue weighted by atomic mass is 10.2. The summed E-state index contributed by atoms with van der Waals surface area (Å²) in [7, 11) is 0. The number of rotatable bonds is 5. The number of carbonyl (C=O) groups excluding carboxylic acids is 1. The van der Waals surface area contributed by atoms with Gasteiger partial charge in [-0.25, -0.2) is 9.59 Å². The van der Waals surface area contributed by atoms with Crippen LogP contribution in [-0.4, -0.2) is 41.8 Å². The normalized spacial score (nSPS) is 13.8. The fourth-order valence-electron chi connectivity index (χ4n) is 1.000. The van der Waals surface area contributed by atoms with Crippen molar-refractivity contribution in [3.8, 4) is 0 Å². The monoisotopic (exact) mass is 287 g/mol. The number of hydrogen-bond donors (Lipinski definition) is 2. The average Bonchev–Trinajstić information content (AvgIpc) is 2.10. The molecule has 0 radical (unpaired) electrons. The predicted octanol–water partition coefficient (Wildman–Crippen LogP) is 1.89. The summed E-state index contributed by atoms with van der Waals surface area (Å²) in [6.07, 6.45) is -6.39. The van der Waals surface area contributed by atoms with Crippen LogP contribution >= 0.6 is 0 Å². The van der Waals surface area contributed by atoms with Crippen LogP contribution in [0.5, 0.6) is 0 Å². The number of aliphatic carboxylic acids is 1. The van der Waals surface area contributed by atoms with Crippen molar-refractivity contribution in [2.24, 2.45) is 0 Å². The van der Waals surface area contributed by atoms with E-state index in [0.29, 0.717) is 0 Å². The van der Waals surface area contributed by atoms with Gasteiger partial charge in [0.05, 0.1) is 6.61 Å². The minimum atomic E-state index is -4.84. The maximum absolute atomic E-state index is 11.7. The first-order valence-electron chi connectivity index (χ1n) is 5.34. The van der Waals surface area contributed by atoms with Gasteiger partial charge in [0.2, 0.25) is 0 Å². The maximum atomic E-state index is 11.7. The Morgan fingerprint density at radius 3 is 2.16 bits per heavy atom. The van der Waals surface area contributed by atoms with Gasteiger partial charge in [0, 0.05) is 6.42 Å². The Morgan fingerprint density at radius 1 is 1.26 bits per heavy atom. The number of carboxylic acid groups (broad SMARTS) is 1. The van der Waals surface area contributed by atoms with Crippen molar-refractivity contribution >= 4 is 12.1 Å². The number of ether oxygens (including phenoxy) is 2. The van der Waals surface area contributed by atoms with Crippen LogP contribution in [0.15, 0.2) is 0 Å². The van der Waals surface area contributed by atoms with Crippen molar-refractivity contribution in [2.45, 2.75) is 45.2 Å². The number of amides is 1. The molecule has 0 heterocycles. The smallest absolute Gasteiger partial charge is 0.480 e. The second-order valence-corrected chi connectivity index (χ2v) is 4.62. The van der Waals surface area contributed by atoms with Crippen molar-refractivity contribution in [2.75, 3.05) is 6.61 Å². The molecule has 0 saturated carbocycles. The quantitative estimate of drug-likeness (QED) is 0.806. The number of carbonyl (C=O) groups is 2. The van der Waals surface area contributed by atoms with Gasteiger partial charge in [-0.05, 0) is 20.8 Å². The fraction of sp³-hybridized carbons (Fsp3) is 0.800. The van der Waals surface area contributed by atoms with E-state index in [4.69, 9.17) is 9.84 Å². The molecule has 0 aliphatic heterocycles. The highest BCUT2D eigenvalue weighted by atomic mass is 19.4. The highest BCUT2D eigenvalue weighted by molar-refractivity contribution is 5.79. The van der Waals surface area contributed by atoms with E-state index < -0.39 is 43.1 Å². The van der Waals surface area contributed by atoms with Crippen molar-refractivity contribution < 1.29 is 37.3 Å². The van der Waals surface area contributed by atoms with E-state index in [9.17, 15) is 22.8 Å². The first-order valence-corrected chi connectivity index (χ1v) is 5.34. The largest absolute Gasteiger partial charge is 0.522 e. The van der Waals surface area contributed by atoms with Gasteiger partial charge in [0.15, 0.2) is 0 Å². The first-order chi connectivity index (χ1) is 8.41. The minimum Gasteiger partial charge on any atom is -0.480 e. The second kappa shape index (κ2) is 6.60. The van der Waals surface area contributed by atoms with Crippen molar-refractivity contribution in [3.05, 3.63) is 0 Å². The molecule has 0 aromatic carbocycles. The molecule has 0 bridgehead atoms. The summed E-state index contributed by atoms with van der Waals surface area (Å²) < 4.78 is 43.4. The summed E-state index contributed by atoms with van der Waals surface area (Å²) in [5, 5.41) is 10.7. The third kappa shape index (κ3) is 10.1. The zero-order valence-electron chi connectivity index (χ0n) is 10.7. The molecule has 6 nitrogen and oxygen atoms in total. The maximum Gasteiger partial charge on any atom is 0.522 e. The molecule has 0 aliphatic carbocycles. The van der Waals surface area contributed by atoms with Gasteiger partial charge in [-0.15, -0.1) is 13.2 Å². The highest BCUT2D eigenvalue weighted by Crippen LogP contribution is 2.16. The summed E-state index contributed by atoms with van der Waals surface area (Å²) in [5.41, 5.74) is -0.838. The van der Waals surface area contributed by atoms with E-state index in [2.05, 4.69) is 4.74 Å². The molecule has 0 spiro atoms.